The third kappa shape index (κ3) is 2.37. The van der Waals surface area contributed by atoms with Gasteiger partial charge in [-0.25, -0.2) is 0 Å². The van der Waals surface area contributed by atoms with Gasteiger partial charge in [0.25, 0.3) is 0 Å². The lowest BCUT2D eigenvalue weighted by molar-refractivity contribution is -0.157. The Morgan fingerprint density at radius 1 is 1.58 bits per heavy atom. The molecule has 1 saturated heterocycles. The lowest BCUT2D eigenvalue weighted by Crippen LogP contribution is -2.36. The summed E-state index contributed by atoms with van der Waals surface area (Å²) >= 11 is 0. The molecule has 0 spiro atoms. The van der Waals surface area contributed by atoms with Crippen LogP contribution in [-0.2, 0) is 4.79 Å². The monoisotopic (exact) mass is 182 g/mol. The maximum atomic E-state index is 11.8. The van der Waals surface area contributed by atoms with E-state index in [2.05, 4.69) is 0 Å². The minimum Gasteiger partial charge on any atom is -0.332 e. The summed E-state index contributed by atoms with van der Waals surface area (Å²) in [4.78, 5) is 11.5. The molecule has 2 N–H and O–H groups in total. The minimum absolute atomic E-state index is 0.0122. The molecule has 0 aromatic heterocycles. The second-order valence-corrected chi connectivity index (χ2v) is 2.85. The maximum Gasteiger partial charge on any atom is 0.406 e. The molecular weight excluding hydrogens is 173 g/mol. The Bertz CT molecular complexity index is 192. The Hall–Kier alpha value is -0.780. The van der Waals surface area contributed by atoms with Crippen molar-refractivity contribution in [2.75, 3.05) is 13.1 Å². The van der Waals surface area contributed by atoms with Crippen LogP contribution in [0.25, 0.3) is 0 Å². The van der Waals surface area contributed by atoms with E-state index in [1.807, 2.05) is 0 Å². The largest absolute Gasteiger partial charge is 0.406 e. The fourth-order valence-corrected chi connectivity index (χ4v) is 1.17. The van der Waals surface area contributed by atoms with Crippen molar-refractivity contribution < 1.29 is 18.0 Å². The third-order valence-corrected chi connectivity index (χ3v) is 1.61. The number of nitrogens with two attached hydrogens (primary N) is 1. The third-order valence-electron chi connectivity index (χ3n) is 1.61. The molecule has 0 bridgehead atoms. The molecule has 1 aliphatic heterocycles. The van der Waals surface area contributed by atoms with Gasteiger partial charge >= 0.3 is 6.18 Å². The lowest BCUT2D eigenvalue weighted by Gasteiger charge is -2.17. The van der Waals surface area contributed by atoms with Crippen molar-refractivity contribution in [3.8, 4) is 0 Å². The van der Waals surface area contributed by atoms with Gasteiger partial charge in [0.15, 0.2) is 0 Å². The molecule has 0 radical (unpaired) electrons. The van der Waals surface area contributed by atoms with E-state index in [9.17, 15) is 18.0 Å². The van der Waals surface area contributed by atoms with Gasteiger partial charge in [0.1, 0.15) is 6.54 Å². The topological polar surface area (TPSA) is 46.3 Å². The first-order valence-electron chi connectivity index (χ1n) is 3.48. The number of amides is 1. The summed E-state index contributed by atoms with van der Waals surface area (Å²) in [6.07, 6.45) is -4.30. The van der Waals surface area contributed by atoms with Crippen LogP contribution in [-0.4, -0.2) is 36.1 Å². The zero-order chi connectivity index (χ0) is 9.35. The Balaban J connectivity index is 2.49. The Labute approximate surface area is 67.3 Å². The number of hydrogen-bond donors (Lipinski definition) is 1. The van der Waals surface area contributed by atoms with E-state index >= 15 is 0 Å². The summed E-state index contributed by atoms with van der Waals surface area (Å²) in [5.74, 6) is -0.514. The Kier molecular flexibility index (Phi) is 2.27. The number of halogens is 3. The molecule has 1 atom stereocenters. The zero-order valence-electron chi connectivity index (χ0n) is 6.27. The quantitative estimate of drug-likeness (QED) is 0.625. The van der Waals surface area contributed by atoms with Gasteiger partial charge in [-0.05, 0) is 0 Å². The van der Waals surface area contributed by atoms with Crippen molar-refractivity contribution >= 4 is 5.91 Å². The van der Waals surface area contributed by atoms with Crippen molar-refractivity contribution in [1.82, 2.24) is 4.90 Å². The van der Waals surface area contributed by atoms with Crippen molar-refractivity contribution in [2.24, 2.45) is 5.73 Å². The van der Waals surface area contributed by atoms with Crippen molar-refractivity contribution in [1.29, 1.82) is 0 Å². The summed E-state index contributed by atoms with van der Waals surface area (Å²) in [6.45, 7) is -1.17. The van der Waals surface area contributed by atoms with Crippen molar-refractivity contribution in [3.63, 3.8) is 0 Å². The molecular formula is C6H9F3N2O. The van der Waals surface area contributed by atoms with Crippen LogP contribution in [0.1, 0.15) is 6.42 Å². The van der Waals surface area contributed by atoms with Crippen LogP contribution < -0.4 is 5.73 Å². The molecule has 0 unspecified atom stereocenters. The molecule has 1 amide bonds. The SMILES string of the molecule is N[C@@H]1CC(=O)N(CC(F)(F)F)C1. The molecule has 1 heterocycles. The summed E-state index contributed by atoms with van der Waals surface area (Å²) in [6, 6.07) is -0.445. The van der Waals surface area contributed by atoms with Gasteiger partial charge < -0.3 is 10.6 Å². The Morgan fingerprint density at radius 3 is 2.50 bits per heavy atom. The normalized spacial score (nSPS) is 25.2. The highest BCUT2D eigenvalue weighted by molar-refractivity contribution is 5.79. The van der Waals surface area contributed by atoms with Gasteiger partial charge in [-0.15, -0.1) is 0 Å². The molecule has 6 heteroatoms. The van der Waals surface area contributed by atoms with E-state index in [0.29, 0.717) is 0 Å². The molecule has 3 nitrogen and oxygen atoms in total. The molecule has 0 aromatic carbocycles. The second-order valence-electron chi connectivity index (χ2n) is 2.85. The molecule has 0 aliphatic carbocycles. The smallest absolute Gasteiger partial charge is 0.332 e. The first-order chi connectivity index (χ1) is 5.38. The number of likely N-dealkylation sites (tertiary alicyclic amines) is 1. The van der Waals surface area contributed by atoms with Gasteiger partial charge in [0.05, 0.1) is 0 Å². The first kappa shape index (κ1) is 9.31. The summed E-state index contributed by atoms with van der Waals surface area (Å²) in [5.41, 5.74) is 5.30. The van der Waals surface area contributed by atoms with Crippen LogP contribution in [0, 0.1) is 0 Å². The van der Waals surface area contributed by atoms with Gasteiger partial charge in [0, 0.05) is 19.0 Å². The van der Waals surface area contributed by atoms with Crippen LogP contribution >= 0.6 is 0 Å². The zero-order valence-corrected chi connectivity index (χ0v) is 6.27. The Morgan fingerprint density at radius 2 is 2.17 bits per heavy atom. The van der Waals surface area contributed by atoms with E-state index in [0.717, 1.165) is 4.90 Å². The van der Waals surface area contributed by atoms with E-state index in [1.54, 1.807) is 0 Å². The van der Waals surface area contributed by atoms with Gasteiger partial charge in [-0.1, -0.05) is 0 Å². The van der Waals surface area contributed by atoms with Crippen molar-refractivity contribution in [3.05, 3.63) is 0 Å². The number of alkyl halides is 3. The maximum absolute atomic E-state index is 11.8. The fourth-order valence-electron chi connectivity index (χ4n) is 1.17. The second kappa shape index (κ2) is 2.93. The van der Waals surface area contributed by atoms with Crippen LogP contribution in [0.15, 0.2) is 0 Å². The number of nitrogens with zero attached hydrogens (tertiary/aromatic N) is 1. The molecule has 1 aliphatic rings. The molecule has 70 valence electrons. The average molecular weight is 182 g/mol. The van der Waals surface area contributed by atoms with E-state index < -0.39 is 24.7 Å². The highest BCUT2D eigenvalue weighted by Crippen LogP contribution is 2.19. The molecule has 0 saturated carbocycles. The number of rotatable bonds is 1. The molecule has 0 aromatic rings. The van der Waals surface area contributed by atoms with E-state index in [1.165, 1.54) is 0 Å². The van der Waals surface area contributed by atoms with Gasteiger partial charge in [-0.2, -0.15) is 13.2 Å². The first-order valence-corrected chi connectivity index (χ1v) is 3.48. The number of carbonyl (C=O) groups is 1. The molecule has 1 fully saturated rings. The van der Waals surface area contributed by atoms with Gasteiger partial charge in [0.2, 0.25) is 5.91 Å². The standard InChI is InChI=1S/C6H9F3N2O/c7-6(8,9)3-11-2-4(10)1-5(11)12/h4H,1-3,10H2/t4-/m1/s1. The molecule has 1 rings (SSSR count). The number of carbonyl (C=O) groups excluding carboxylic acids is 1. The lowest BCUT2D eigenvalue weighted by atomic mass is 10.3. The highest BCUT2D eigenvalue weighted by Gasteiger charge is 2.37. The predicted octanol–water partition coefficient (Wildman–Crippen LogP) is 0.108. The molecule has 12 heavy (non-hydrogen) atoms. The number of hydrogen-bond acceptors (Lipinski definition) is 2. The van der Waals surface area contributed by atoms with Crippen LogP contribution in [0.2, 0.25) is 0 Å². The summed E-state index contributed by atoms with van der Waals surface area (Å²) in [5, 5.41) is 0. The van der Waals surface area contributed by atoms with Crippen LogP contribution in [0.4, 0.5) is 13.2 Å². The van der Waals surface area contributed by atoms with Crippen LogP contribution in [0.5, 0.6) is 0 Å². The predicted molar refractivity (Wildman–Crippen MR) is 35.2 cm³/mol. The van der Waals surface area contributed by atoms with Crippen LogP contribution in [0.3, 0.4) is 0 Å². The summed E-state index contributed by atoms with van der Waals surface area (Å²) < 4.78 is 35.3. The van der Waals surface area contributed by atoms with E-state index in [-0.39, 0.29) is 13.0 Å². The minimum atomic E-state index is -4.32. The summed E-state index contributed by atoms with van der Waals surface area (Å²) in [7, 11) is 0. The highest BCUT2D eigenvalue weighted by atomic mass is 19.4. The van der Waals surface area contributed by atoms with Gasteiger partial charge in [-0.3, -0.25) is 4.79 Å². The van der Waals surface area contributed by atoms with E-state index in [4.69, 9.17) is 5.73 Å². The average Bonchev–Trinajstić information content (AvgIpc) is 2.06. The fraction of sp³-hybridized carbons (Fsp3) is 0.833. The van der Waals surface area contributed by atoms with Crippen molar-refractivity contribution in [2.45, 2.75) is 18.6 Å².